The molecule has 6 nitrogen and oxygen atoms in total. The summed E-state index contributed by atoms with van der Waals surface area (Å²) in [6.07, 6.45) is 6.51. The predicted octanol–water partition coefficient (Wildman–Crippen LogP) is 2.67. The van der Waals surface area contributed by atoms with E-state index in [-0.39, 0.29) is 23.7 Å². The van der Waals surface area contributed by atoms with Gasteiger partial charge in [0.05, 0.1) is 5.92 Å². The zero-order valence-electron chi connectivity index (χ0n) is 16.3. The Morgan fingerprint density at radius 1 is 1.14 bits per heavy atom. The lowest BCUT2D eigenvalue weighted by atomic mass is 9.69. The highest BCUT2D eigenvalue weighted by molar-refractivity contribution is 6.01. The van der Waals surface area contributed by atoms with E-state index in [0.29, 0.717) is 23.7 Å². The number of allylic oxidation sites excluding steroid dienone is 2. The van der Waals surface area contributed by atoms with Crippen molar-refractivity contribution < 1.29 is 19.1 Å². The minimum Gasteiger partial charge on any atom is -0.451 e. The molecule has 1 saturated heterocycles. The second-order valence-electron chi connectivity index (χ2n) is 8.87. The van der Waals surface area contributed by atoms with Crippen molar-refractivity contribution in [3.63, 3.8) is 0 Å². The number of anilines is 1. The Morgan fingerprint density at radius 2 is 1.86 bits per heavy atom. The van der Waals surface area contributed by atoms with Crippen LogP contribution < -0.4 is 10.6 Å². The average molecular weight is 382 g/mol. The van der Waals surface area contributed by atoms with Crippen LogP contribution in [0.15, 0.2) is 36.4 Å². The highest BCUT2D eigenvalue weighted by Gasteiger charge is 2.50. The Kier molecular flexibility index (Phi) is 4.52. The lowest BCUT2D eigenvalue weighted by Crippen LogP contribution is -2.41. The third-order valence-corrected chi connectivity index (χ3v) is 6.34. The van der Waals surface area contributed by atoms with Crippen LogP contribution in [-0.4, -0.2) is 30.4 Å². The third kappa shape index (κ3) is 3.21. The first kappa shape index (κ1) is 18.7. The normalized spacial score (nSPS) is 30.5. The molecule has 5 rings (SSSR count). The predicted molar refractivity (Wildman–Crippen MR) is 104 cm³/mol. The lowest BCUT2D eigenvalue weighted by molar-refractivity contribution is -0.165. The zero-order valence-corrected chi connectivity index (χ0v) is 16.3. The van der Waals surface area contributed by atoms with E-state index in [1.807, 2.05) is 13.8 Å². The number of rotatable bonds is 4. The summed E-state index contributed by atoms with van der Waals surface area (Å²) < 4.78 is 5.81. The summed E-state index contributed by atoms with van der Waals surface area (Å²) in [5.74, 6) is -0.443. The first-order valence-electron chi connectivity index (χ1n) is 9.86. The fourth-order valence-corrected chi connectivity index (χ4v) is 4.68. The minimum absolute atomic E-state index is 0.142. The maximum absolute atomic E-state index is 13.1. The van der Waals surface area contributed by atoms with Gasteiger partial charge >= 0.3 is 5.97 Å². The molecule has 4 aliphatic rings. The number of ether oxygens (including phenoxy) is 1. The molecule has 3 aliphatic carbocycles. The monoisotopic (exact) mass is 382 g/mol. The van der Waals surface area contributed by atoms with Crippen molar-refractivity contribution in [1.82, 2.24) is 0 Å². The van der Waals surface area contributed by atoms with Crippen molar-refractivity contribution in [3.05, 3.63) is 42.0 Å². The van der Waals surface area contributed by atoms with Crippen LogP contribution in [-0.2, 0) is 14.3 Å². The highest BCUT2D eigenvalue weighted by atomic mass is 16.6. The molecule has 0 spiro atoms. The summed E-state index contributed by atoms with van der Waals surface area (Å²) in [6.45, 7) is 4.32. The first-order chi connectivity index (χ1) is 13.3. The Morgan fingerprint density at radius 3 is 2.39 bits per heavy atom. The van der Waals surface area contributed by atoms with Crippen molar-refractivity contribution in [3.8, 4) is 0 Å². The smallest absolute Gasteiger partial charge is 0.310 e. The lowest BCUT2D eigenvalue weighted by Gasteiger charge is -2.37. The molecule has 148 valence electrons. The third-order valence-electron chi connectivity index (χ3n) is 6.34. The second kappa shape index (κ2) is 6.76. The van der Waals surface area contributed by atoms with Gasteiger partial charge in [-0.3, -0.25) is 14.4 Å². The van der Waals surface area contributed by atoms with Crippen molar-refractivity contribution in [1.29, 1.82) is 0 Å². The summed E-state index contributed by atoms with van der Waals surface area (Å²) >= 11 is 0. The Hall–Kier alpha value is -2.63. The fourth-order valence-electron chi connectivity index (χ4n) is 4.68. The average Bonchev–Trinajstić information content (AvgIpc) is 2.92. The Bertz CT molecular complexity index is 843. The van der Waals surface area contributed by atoms with Crippen LogP contribution in [0.2, 0.25) is 0 Å². The summed E-state index contributed by atoms with van der Waals surface area (Å²) in [7, 11) is 0. The molecule has 4 atom stereocenters. The number of carbonyl (C=O) groups excluding carboxylic acids is 3. The van der Waals surface area contributed by atoms with Crippen LogP contribution in [0.1, 0.15) is 43.5 Å². The standard InChI is InChI=1S/C22H26N2O4/c1-22(2)12-24(16-9-7-15(8-10-16)19(23)25)20(26)18(22)28-21(27)17-11-13-3-5-14(17)6-4-13/h3,5,7-10,13-14,17-18H,4,6,11-12H2,1-2H3,(H2,23,25)/t13-,14+,17-,18-/m0/s1. The molecular formula is C22H26N2O4. The molecule has 1 saturated carbocycles. The fraction of sp³-hybridized carbons (Fsp3) is 0.500. The van der Waals surface area contributed by atoms with E-state index in [2.05, 4.69) is 12.2 Å². The number of carbonyl (C=O) groups is 3. The maximum Gasteiger partial charge on any atom is 0.310 e. The summed E-state index contributed by atoms with van der Waals surface area (Å²) in [5, 5.41) is 0. The molecule has 0 aromatic heterocycles. The molecule has 2 amide bonds. The minimum atomic E-state index is -0.805. The molecule has 2 fully saturated rings. The molecular weight excluding hydrogens is 356 g/mol. The van der Waals surface area contributed by atoms with Crippen molar-refractivity contribution in [2.75, 3.05) is 11.4 Å². The van der Waals surface area contributed by atoms with E-state index in [0.717, 1.165) is 19.3 Å². The van der Waals surface area contributed by atoms with E-state index in [4.69, 9.17) is 10.5 Å². The molecule has 1 aliphatic heterocycles. The van der Waals surface area contributed by atoms with E-state index in [1.165, 1.54) is 0 Å². The van der Waals surface area contributed by atoms with E-state index in [9.17, 15) is 14.4 Å². The van der Waals surface area contributed by atoms with E-state index >= 15 is 0 Å². The number of primary amides is 1. The van der Waals surface area contributed by atoms with Gasteiger partial charge in [-0.1, -0.05) is 26.0 Å². The molecule has 2 bridgehead atoms. The second-order valence-corrected chi connectivity index (χ2v) is 8.87. The van der Waals surface area contributed by atoms with Crippen LogP contribution in [0.4, 0.5) is 5.69 Å². The Labute approximate surface area is 164 Å². The number of esters is 1. The number of amides is 2. The van der Waals surface area contributed by atoms with Gasteiger partial charge in [0.15, 0.2) is 6.10 Å². The van der Waals surface area contributed by atoms with Gasteiger partial charge in [0, 0.05) is 23.2 Å². The molecule has 28 heavy (non-hydrogen) atoms. The Balaban J connectivity index is 1.50. The van der Waals surface area contributed by atoms with Crippen LogP contribution in [0.25, 0.3) is 0 Å². The van der Waals surface area contributed by atoms with E-state index in [1.54, 1.807) is 29.2 Å². The maximum atomic E-state index is 13.1. The van der Waals surface area contributed by atoms with Crippen LogP contribution >= 0.6 is 0 Å². The number of fused-ring (bicyclic) bond motifs is 2. The van der Waals surface area contributed by atoms with Gasteiger partial charge in [0.2, 0.25) is 5.91 Å². The molecule has 0 radical (unpaired) electrons. The molecule has 1 aromatic carbocycles. The van der Waals surface area contributed by atoms with Crippen LogP contribution in [0.5, 0.6) is 0 Å². The van der Waals surface area contributed by atoms with Gasteiger partial charge in [-0.25, -0.2) is 0 Å². The zero-order chi connectivity index (χ0) is 20.1. The van der Waals surface area contributed by atoms with Crippen LogP contribution in [0, 0.1) is 23.2 Å². The van der Waals surface area contributed by atoms with Crippen molar-refractivity contribution in [2.45, 2.75) is 39.2 Å². The topological polar surface area (TPSA) is 89.7 Å². The van der Waals surface area contributed by atoms with E-state index < -0.39 is 17.4 Å². The van der Waals surface area contributed by atoms with Gasteiger partial charge in [0.1, 0.15) is 0 Å². The molecule has 6 heteroatoms. The van der Waals surface area contributed by atoms with Gasteiger partial charge in [-0.2, -0.15) is 0 Å². The van der Waals surface area contributed by atoms with Gasteiger partial charge in [-0.15, -0.1) is 0 Å². The summed E-state index contributed by atoms with van der Waals surface area (Å²) in [5.41, 5.74) is 5.83. The molecule has 1 heterocycles. The summed E-state index contributed by atoms with van der Waals surface area (Å²) in [4.78, 5) is 38.8. The van der Waals surface area contributed by atoms with Crippen molar-refractivity contribution >= 4 is 23.5 Å². The quantitative estimate of drug-likeness (QED) is 0.640. The number of hydrogen-bond acceptors (Lipinski definition) is 4. The molecule has 2 N–H and O–H groups in total. The summed E-state index contributed by atoms with van der Waals surface area (Å²) in [6, 6.07) is 6.59. The number of nitrogens with zero attached hydrogens (tertiary/aromatic N) is 1. The van der Waals surface area contributed by atoms with Gasteiger partial charge in [-0.05, 0) is 55.4 Å². The van der Waals surface area contributed by atoms with Gasteiger partial charge in [0.25, 0.3) is 5.91 Å². The van der Waals surface area contributed by atoms with Crippen molar-refractivity contribution in [2.24, 2.45) is 28.9 Å². The number of hydrogen-bond donors (Lipinski definition) is 1. The highest BCUT2D eigenvalue weighted by Crippen LogP contribution is 2.42. The molecule has 0 unspecified atom stereocenters. The molecule has 1 aromatic rings. The largest absolute Gasteiger partial charge is 0.451 e. The first-order valence-corrected chi connectivity index (χ1v) is 9.86. The SMILES string of the molecule is CC1(C)CN(c2ccc(C(N)=O)cc2)C(=O)[C@@H]1OC(=O)[C@H]1C[C@H]2C=C[C@@H]1CC2. The van der Waals surface area contributed by atoms with Gasteiger partial charge < -0.3 is 15.4 Å². The number of benzene rings is 1. The van der Waals surface area contributed by atoms with Crippen LogP contribution in [0.3, 0.4) is 0 Å². The number of nitrogens with two attached hydrogens (primary N) is 1.